The minimum Gasteiger partial charge on any atom is -0.381 e. The number of aromatic nitrogens is 2. The molecule has 2 rings (SSSR count). The standard InChI is InChI=1S/C16H27N3O2/c1-11(2)19-13(4)15(12(3)17-19)9-18(5)16(20)8-14-6-7-21-10-14/h11,14H,6-10H2,1-5H3/t14-/m1/s1. The van der Waals surface area contributed by atoms with Crippen LogP contribution in [0, 0.1) is 19.8 Å². The molecule has 0 spiro atoms. The summed E-state index contributed by atoms with van der Waals surface area (Å²) in [5.74, 6) is 0.585. The van der Waals surface area contributed by atoms with E-state index in [1.54, 1.807) is 0 Å². The van der Waals surface area contributed by atoms with Gasteiger partial charge in [0.25, 0.3) is 0 Å². The second-order valence-corrected chi connectivity index (χ2v) is 6.37. The van der Waals surface area contributed by atoms with Crippen LogP contribution in [0.25, 0.3) is 0 Å². The third kappa shape index (κ3) is 3.64. The zero-order valence-corrected chi connectivity index (χ0v) is 13.8. The fourth-order valence-corrected chi connectivity index (χ4v) is 2.90. The second-order valence-electron chi connectivity index (χ2n) is 6.37. The molecule has 1 saturated heterocycles. The number of aryl methyl sites for hydroxylation is 1. The Morgan fingerprint density at radius 3 is 2.71 bits per heavy atom. The summed E-state index contributed by atoms with van der Waals surface area (Å²) in [7, 11) is 1.88. The molecule has 5 heteroatoms. The van der Waals surface area contributed by atoms with Gasteiger partial charge in [-0.05, 0) is 40.0 Å². The van der Waals surface area contributed by atoms with Gasteiger partial charge in [0.05, 0.1) is 5.69 Å². The quantitative estimate of drug-likeness (QED) is 0.838. The van der Waals surface area contributed by atoms with E-state index >= 15 is 0 Å². The number of rotatable bonds is 5. The van der Waals surface area contributed by atoms with Crippen LogP contribution in [0.3, 0.4) is 0 Å². The highest BCUT2D eigenvalue weighted by Crippen LogP contribution is 2.21. The van der Waals surface area contributed by atoms with E-state index in [9.17, 15) is 4.79 Å². The van der Waals surface area contributed by atoms with Crippen LogP contribution in [0.15, 0.2) is 0 Å². The molecule has 1 aromatic heterocycles. The molecule has 0 aliphatic carbocycles. The summed E-state index contributed by atoms with van der Waals surface area (Å²) in [6, 6.07) is 0.342. The Balaban J connectivity index is 2.01. The van der Waals surface area contributed by atoms with Gasteiger partial charge in [0.1, 0.15) is 0 Å². The van der Waals surface area contributed by atoms with Crippen LogP contribution >= 0.6 is 0 Å². The molecule has 0 aromatic carbocycles. The van der Waals surface area contributed by atoms with Crippen LogP contribution in [0.5, 0.6) is 0 Å². The highest BCUT2D eigenvalue weighted by Gasteiger charge is 2.22. The molecule has 1 fully saturated rings. The van der Waals surface area contributed by atoms with Gasteiger partial charge < -0.3 is 9.64 Å². The van der Waals surface area contributed by atoms with Crippen molar-refractivity contribution in [2.75, 3.05) is 20.3 Å². The smallest absolute Gasteiger partial charge is 0.222 e. The predicted octanol–water partition coefficient (Wildman–Crippen LogP) is 2.47. The first-order valence-electron chi connectivity index (χ1n) is 7.76. The first-order valence-corrected chi connectivity index (χ1v) is 7.76. The lowest BCUT2D eigenvalue weighted by molar-refractivity contribution is -0.131. The molecule has 1 aromatic rings. The minimum absolute atomic E-state index is 0.196. The molecule has 0 saturated carbocycles. The van der Waals surface area contributed by atoms with E-state index in [2.05, 4.69) is 25.9 Å². The molecular formula is C16H27N3O2. The summed E-state index contributed by atoms with van der Waals surface area (Å²) >= 11 is 0. The van der Waals surface area contributed by atoms with Gasteiger partial charge in [0.15, 0.2) is 0 Å². The van der Waals surface area contributed by atoms with Crippen LogP contribution in [0.1, 0.15) is 49.7 Å². The third-order valence-corrected chi connectivity index (χ3v) is 4.27. The summed E-state index contributed by atoms with van der Waals surface area (Å²) in [6.07, 6.45) is 1.59. The van der Waals surface area contributed by atoms with Gasteiger partial charge in [0, 0.05) is 50.5 Å². The van der Waals surface area contributed by atoms with Gasteiger partial charge in [0.2, 0.25) is 5.91 Å². The van der Waals surface area contributed by atoms with E-state index in [4.69, 9.17) is 4.74 Å². The van der Waals surface area contributed by atoms with Crippen LogP contribution in [0.4, 0.5) is 0 Å². The van der Waals surface area contributed by atoms with E-state index in [1.165, 1.54) is 5.56 Å². The van der Waals surface area contributed by atoms with Crippen LogP contribution in [0.2, 0.25) is 0 Å². The molecule has 0 N–H and O–H groups in total. The molecule has 1 amide bonds. The Morgan fingerprint density at radius 1 is 1.48 bits per heavy atom. The van der Waals surface area contributed by atoms with E-state index in [-0.39, 0.29) is 5.91 Å². The Morgan fingerprint density at radius 2 is 2.19 bits per heavy atom. The van der Waals surface area contributed by atoms with Gasteiger partial charge in [-0.1, -0.05) is 0 Å². The van der Waals surface area contributed by atoms with Crippen molar-refractivity contribution in [2.24, 2.45) is 5.92 Å². The SMILES string of the molecule is Cc1nn(C(C)C)c(C)c1CN(C)C(=O)C[C@H]1CCOC1. The van der Waals surface area contributed by atoms with Gasteiger partial charge in [-0.3, -0.25) is 9.48 Å². The predicted molar refractivity (Wildman–Crippen MR) is 82.1 cm³/mol. The summed E-state index contributed by atoms with van der Waals surface area (Å²) in [5.41, 5.74) is 3.35. The summed E-state index contributed by atoms with van der Waals surface area (Å²) in [6.45, 7) is 10.5. The average molecular weight is 293 g/mol. The number of hydrogen-bond acceptors (Lipinski definition) is 3. The molecule has 0 radical (unpaired) electrons. The number of carbonyl (C=O) groups is 1. The van der Waals surface area contributed by atoms with Crippen molar-refractivity contribution in [2.45, 2.75) is 53.1 Å². The Hall–Kier alpha value is -1.36. The normalized spacial score (nSPS) is 18.5. The first-order chi connectivity index (χ1) is 9.90. The fourth-order valence-electron chi connectivity index (χ4n) is 2.90. The number of amides is 1. The Labute approximate surface area is 127 Å². The van der Waals surface area contributed by atoms with Crippen molar-refractivity contribution >= 4 is 5.91 Å². The maximum absolute atomic E-state index is 12.3. The van der Waals surface area contributed by atoms with Crippen molar-refractivity contribution in [3.05, 3.63) is 17.0 Å². The fraction of sp³-hybridized carbons (Fsp3) is 0.750. The van der Waals surface area contributed by atoms with Gasteiger partial charge in [-0.2, -0.15) is 5.10 Å². The summed E-state index contributed by atoms with van der Waals surface area (Å²) in [4.78, 5) is 14.1. The third-order valence-electron chi connectivity index (χ3n) is 4.27. The number of hydrogen-bond donors (Lipinski definition) is 0. The number of carbonyl (C=O) groups excluding carboxylic acids is 1. The lowest BCUT2D eigenvalue weighted by Crippen LogP contribution is -2.28. The topological polar surface area (TPSA) is 47.4 Å². The van der Waals surface area contributed by atoms with E-state index in [0.29, 0.717) is 24.9 Å². The monoisotopic (exact) mass is 293 g/mol. The lowest BCUT2D eigenvalue weighted by Gasteiger charge is -2.19. The van der Waals surface area contributed by atoms with Crippen molar-refractivity contribution < 1.29 is 9.53 Å². The van der Waals surface area contributed by atoms with Crippen molar-refractivity contribution in [3.8, 4) is 0 Å². The van der Waals surface area contributed by atoms with Crippen LogP contribution in [-0.2, 0) is 16.1 Å². The first kappa shape index (κ1) is 16.0. The zero-order valence-electron chi connectivity index (χ0n) is 13.8. The molecule has 1 aliphatic rings. The van der Waals surface area contributed by atoms with E-state index < -0.39 is 0 Å². The van der Waals surface area contributed by atoms with Gasteiger partial charge in [-0.25, -0.2) is 0 Å². The highest BCUT2D eigenvalue weighted by molar-refractivity contribution is 5.76. The maximum atomic E-state index is 12.3. The Kier molecular flexibility index (Phi) is 5.04. The van der Waals surface area contributed by atoms with Crippen LogP contribution in [-0.4, -0.2) is 40.8 Å². The zero-order chi connectivity index (χ0) is 15.6. The molecule has 5 nitrogen and oxygen atoms in total. The summed E-state index contributed by atoms with van der Waals surface area (Å²) in [5, 5.41) is 4.58. The maximum Gasteiger partial charge on any atom is 0.222 e. The van der Waals surface area contributed by atoms with E-state index in [0.717, 1.165) is 31.0 Å². The molecule has 0 unspecified atom stereocenters. The molecule has 1 atom stereocenters. The van der Waals surface area contributed by atoms with Gasteiger partial charge >= 0.3 is 0 Å². The molecule has 2 heterocycles. The molecule has 21 heavy (non-hydrogen) atoms. The van der Waals surface area contributed by atoms with Gasteiger partial charge in [-0.15, -0.1) is 0 Å². The van der Waals surface area contributed by atoms with Crippen molar-refractivity contribution in [3.63, 3.8) is 0 Å². The Bertz CT molecular complexity index is 502. The average Bonchev–Trinajstić information content (AvgIpc) is 3.01. The van der Waals surface area contributed by atoms with Crippen LogP contribution < -0.4 is 0 Å². The molecule has 118 valence electrons. The highest BCUT2D eigenvalue weighted by atomic mass is 16.5. The molecule has 0 bridgehead atoms. The van der Waals surface area contributed by atoms with E-state index in [1.807, 2.05) is 23.6 Å². The van der Waals surface area contributed by atoms with Crippen molar-refractivity contribution in [1.29, 1.82) is 0 Å². The molecular weight excluding hydrogens is 266 g/mol. The largest absolute Gasteiger partial charge is 0.381 e. The lowest BCUT2D eigenvalue weighted by atomic mass is 10.0. The minimum atomic E-state index is 0.196. The second kappa shape index (κ2) is 6.60. The van der Waals surface area contributed by atoms with Crippen molar-refractivity contribution in [1.82, 2.24) is 14.7 Å². The number of nitrogens with zero attached hydrogens (tertiary/aromatic N) is 3. The summed E-state index contributed by atoms with van der Waals surface area (Å²) < 4.78 is 7.38. The molecule has 1 aliphatic heterocycles. The number of ether oxygens (including phenoxy) is 1.